The topological polar surface area (TPSA) is 67.8 Å². The van der Waals surface area contributed by atoms with E-state index in [0.29, 0.717) is 11.8 Å². The number of nitrogens with zero attached hydrogens (tertiary/aromatic N) is 3. The van der Waals surface area contributed by atoms with Crippen molar-refractivity contribution in [2.45, 2.75) is 19.4 Å². The van der Waals surface area contributed by atoms with Crippen LogP contribution in [-0.2, 0) is 6.42 Å². The summed E-state index contributed by atoms with van der Waals surface area (Å²) in [4.78, 5) is 24.5. The van der Waals surface area contributed by atoms with Crippen molar-refractivity contribution in [3.05, 3.63) is 66.1 Å². The Morgan fingerprint density at radius 2 is 2.13 bits per heavy atom. The lowest BCUT2D eigenvalue weighted by Crippen LogP contribution is -2.34. The fraction of sp³-hybridized carbons (Fsp3) is 0.176. The van der Waals surface area contributed by atoms with Crippen LogP contribution in [0.3, 0.4) is 0 Å². The molecule has 1 aromatic carbocycles. The number of halogens is 1. The molecule has 0 unspecified atom stereocenters. The van der Waals surface area contributed by atoms with Gasteiger partial charge in [-0.05, 0) is 19.1 Å². The molecule has 116 valence electrons. The van der Waals surface area contributed by atoms with E-state index in [-0.39, 0.29) is 23.2 Å². The summed E-state index contributed by atoms with van der Waals surface area (Å²) in [6, 6.07) is 7.83. The highest BCUT2D eigenvalue weighted by Gasteiger charge is 2.13. The van der Waals surface area contributed by atoms with E-state index < -0.39 is 5.82 Å². The molecule has 3 aromatic rings. The summed E-state index contributed by atoms with van der Waals surface area (Å²) in [6.07, 6.45) is 5.42. The van der Waals surface area contributed by atoms with Crippen molar-refractivity contribution < 1.29 is 9.18 Å². The van der Waals surface area contributed by atoms with Crippen LogP contribution in [0, 0.1) is 5.82 Å². The first-order valence-electron chi connectivity index (χ1n) is 7.24. The first-order chi connectivity index (χ1) is 11.1. The van der Waals surface area contributed by atoms with Crippen LogP contribution < -0.4 is 5.32 Å². The van der Waals surface area contributed by atoms with Gasteiger partial charge >= 0.3 is 0 Å². The molecule has 0 spiro atoms. The number of hydrogen-bond acceptors (Lipinski definition) is 4. The van der Waals surface area contributed by atoms with Gasteiger partial charge in [0.1, 0.15) is 17.0 Å². The van der Waals surface area contributed by atoms with Gasteiger partial charge in [-0.25, -0.2) is 9.37 Å². The molecule has 0 saturated heterocycles. The monoisotopic (exact) mass is 310 g/mol. The fourth-order valence-corrected chi connectivity index (χ4v) is 2.34. The summed E-state index contributed by atoms with van der Waals surface area (Å²) >= 11 is 0. The Hall–Kier alpha value is -2.89. The number of carbonyl (C=O) groups excluding carboxylic acids is 1. The molecule has 6 heteroatoms. The number of carbonyl (C=O) groups is 1. The Bertz CT molecular complexity index is 838. The number of para-hydroxylation sites is 1. The molecule has 0 fully saturated rings. The van der Waals surface area contributed by atoms with Crippen LogP contribution in [0.4, 0.5) is 4.39 Å². The van der Waals surface area contributed by atoms with Crippen LogP contribution in [0.25, 0.3) is 10.9 Å². The SMILES string of the molecule is C[C@H](Cc1cnccn1)NC(=O)c1ccc2cccc(F)c2n1. The third kappa shape index (κ3) is 3.48. The smallest absolute Gasteiger partial charge is 0.270 e. The van der Waals surface area contributed by atoms with Crippen LogP contribution >= 0.6 is 0 Å². The average molecular weight is 310 g/mol. The summed E-state index contributed by atoms with van der Waals surface area (Å²) < 4.78 is 13.8. The first kappa shape index (κ1) is 15.0. The molecule has 0 bridgehead atoms. The molecule has 0 radical (unpaired) electrons. The standard InChI is InChI=1S/C17H15FN4O/c1-11(9-13-10-19-7-8-20-13)21-17(23)15-6-5-12-3-2-4-14(18)16(12)22-15/h2-8,10-11H,9H2,1H3,(H,21,23)/t11-/m1/s1. The number of amides is 1. The van der Waals surface area contributed by atoms with Crippen LogP contribution in [-0.4, -0.2) is 26.9 Å². The molecule has 0 saturated carbocycles. The van der Waals surface area contributed by atoms with Gasteiger partial charge in [-0.1, -0.05) is 18.2 Å². The zero-order chi connectivity index (χ0) is 16.2. The van der Waals surface area contributed by atoms with Gasteiger partial charge in [0.25, 0.3) is 5.91 Å². The van der Waals surface area contributed by atoms with Crippen LogP contribution in [0.15, 0.2) is 48.9 Å². The van der Waals surface area contributed by atoms with E-state index >= 15 is 0 Å². The summed E-state index contributed by atoms with van der Waals surface area (Å²) in [7, 11) is 0. The minimum Gasteiger partial charge on any atom is -0.348 e. The van der Waals surface area contributed by atoms with E-state index in [0.717, 1.165) is 5.69 Å². The predicted octanol–water partition coefficient (Wildman–Crippen LogP) is 2.52. The van der Waals surface area contributed by atoms with Crippen molar-refractivity contribution in [1.29, 1.82) is 0 Å². The van der Waals surface area contributed by atoms with E-state index in [1.54, 1.807) is 42.9 Å². The van der Waals surface area contributed by atoms with Gasteiger partial charge in [0.15, 0.2) is 0 Å². The van der Waals surface area contributed by atoms with Gasteiger partial charge in [0, 0.05) is 36.4 Å². The molecule has 0 aliphatic rings. The minimum atomic E-state index is -0.440. The second kappa shape index (κ2) is 6.48. The number of rotatable bonds is 4. The van der Waals surface area contributed by atoms with E-state index in [9.17, 15) is 9.18 Å². The average Bonchev–Trinajstić information content (AvgIpc) is 2.55. The molecule has 1 N–H and O–H groups in total. The molecular formula is C17H15FN4O. The van der Waals surface area contributed by atoms with Crippen LogP contribution in [0.2, 0.25) is 0 Å². The lowest BCUT2D eigenvalue weighted by Gasteiger charge is -2.13. The van der Waals surface area contributed by atoms with Crippen molar-refractivity contribution in [2.24, 2.45) is 0 Å². The van der Waals surface area contributed by atoms with Crippen LogP contribution in [0.5, 0.6) is 0 Å². The van der Waals surface area contributed by atoms with Gasteiger partial charge in [-0.3, -0.25) is 14.8 Å². The molecule has 2 aromatic heterocycles. The van der Waals surface area contributed by atoms with Crippen molar-refractivity contribution in [3.63, 3.8) is 0 Å². The van der Waals surface area contributed by atoms with Crippen LogP contribution in [0.1, 0.15) is 23.1 Å². The number of nitrogens with one attached hydrogen (secondary N) is 1. The largest absolute Gasteiger partial charge is 0.348 e. The normalized spacial score (nSPS) is 12.1. The van der Waals surface area contributed by atoms with Crippen molar-refractivity contribution in [3.8, 4) is 0 Å². The number of aromatic nitrogens is 3. The Morgan fingerprint density at radius 3 is 2.91 bits per heavy atom. The fourth-order valence-electron chi connectivity index (χ4n) is 2.34. The molecule has 0 aliphatic heterocycles. The summed E-state index contributed by atoms with van der Waals surface area (Å²) in [5.74, 6) is -0.781. The molecule has 0 aliphatic carbocycles. The first-order valence-corrected chi connectivity index (χ1v) is 7.24. The second-order valence-electron chi connectivity index (χ2n) is 5.28. The van der Waals surface area contributed by atoms with E-state index in [4.69, 9.17) is 0 Å². The number of hydrogen-bond donors (Lipinski definition) is 1. The molecule has 23 heavy (non-hydrogen) atoms. The zero-order valence-electron chi connectivity index (χ0n) is 12.5. The van der Waals surface area contributed by atoms with Gasteiger partial charge in [-0.2, -0.15) is 0 Å². The van der Waals surface area contributed by atoms with E-state index in [1.165, 1.54) is 6.07 Å². The predicted molar refractivity (Wildman–Crippen MR) is 84.4 cm³/mol. The number of fused-ring (bicyclic) bond motifs is 1. The van der Waals surface area contributed by atoms with Gasteiger partial charge in [0.2, 0.25) is 0 Å². The van der Waals surface area contributed by atoms with Gasteiger partial charge in [0.05, 0.1) is 5.69 Å². The Labute approximate surface area is 132 Å². The summed E-state index contributed by atoms with van der Waals surface area (Å²) in [6.45, 7) is 1.87. The lowest BCUT2D eigenvalue weighted by molar-refractivity contribution is 0.0935. The maximum atomic E-state index is 13.8. The number of pyridine rings is 1. The van der Waals surface area contributed by atoms with Gasteiger partial charge in [-0.15, -0.1) is 0 Å². The van der Waals surface area contributed by atoms with Crippen molar-refractivity contribution in [2.75, 3.05) is 0 Å². The molecular weight excluding hydrogens is 295 g/mol. The summed E-state index contributed by atoms with van der Waals surface area (Å²) in [5, 5.41) is 3.50. The molecule has 3 rings (SSSR count). The zero-order valence-corrected chi connectivity index (χ0v) is 12.5. The quantitative estimate of drug-likeness (QED) is 0.804. The van der Waals surface area contributed by atoms with E-state index in [2.05, 4.69) is 20.3 Å². The minimum absolute atomic E-state index is 0.141. The molecule has 1 atom stereocenters. The highest BCUT2D eigenvalue weighted by atomic mass is 19.1. The Kier molecular flexibility index (Phi) is 4.23. The van der Waals surface area contributed by atoms with Gasteiger partial charge < -0.3 is 5.32 Å². The van der Waals surface area contributed by atoms with Crippen molar-refractivity contribution in [1.82, 2.24) is 20.3 Å². The van der Waals surface area contributed by atoms with E-state index in [1.807, 2.05) is 6.92 Å². The highest BCUT2D eigenvalue weighted by molar-refractivity contribution is 5.95. The third-order valence-electron chi connectivity index (χ3n) is 3.41. The lowest BCUT2D eigenvalue weighted by atomic mass is 10.1. The maximum absolute atomic E-state index is 13.8. The molecule has 2 heterocycles. The number of benzene rings is 1. The third-order valence-corrected chi connectivity index (χ3v) is 3.41. The Balaban J connectivity index is 1.74. The molecule has 1 amide bonds. The molecule has 5 nitrogen and oxygen atoms in total. The summed E-state index contributed by atoms with van der Waals surface area (Å²) in [5.41, 5.74) is 1.17. The Morgan fingerprint density at radius 1 is 1.26 bits per heavy atom. The second-order valence-corrected chi connectivity index (χ2v) is 5.28. The highest BCUT2D eigenvalue weighted by Crippen LogP contribution is 2.16. The van der Waals surface area contributed by atoms with Crippen molar-refractivity contribution >= 4 is 16.8 Å². The maximum Gasteiger partial charge on any atom is 0.270 e.